The summed E-state index contributed by atoms with van der Waals surface area (Å²) in [6, 6.07) is 4.71. The van der Waals surface area contributed by atoms with Gasteiger partial charge in [-0.05, 0) is 44.9 Å². The van der Waals surface area contributed by atoms with Crippen LogP contribution in [0.1, 0.15) is 32.3 Å². The summed E-state index contributed by atoms with van der Waals surface area (Å²) in [5.74, 6) is 0. The van der Waals surface area contributed by atoms with Crippen LogP contribution in [-0.2, 0) is 6.18 Å². The van der Waals surface area contributed by atoms with Gasteiger partial charge in [-0.2, -0.15) is 13.2 Å². The summed E-state index contributed by atoms with van der Waals surface area (Å²) in [5.41, 5.74) is 5.05. The lowest BCUT2D eigenvalue weighted by Gasteiger charge is -2.29. The van der Waals surface area contributed by atoms with Gasteiger partial charge in [-0.1, -0.05) is 0 Å². The summed E-state index contributed by atoms with van der Waals surface area (Å²) >= 11 is 0. The van der Waals surface area contributed by atoms with Gasteiger partial charge >= 0.3 is 6.18 Å². The SMILES string of the molecule is C[C@@H]1CC[C@H](C)N1c1ccc(N)c(C(F)(F)F)c1. The summed E-state index contributed by atoms with van der Waals surface area (Å²) in [6.07, 6.45) is -2.38. The van der Waals surface area contributed by atoms with Gasteiger partial charge in [0.2, 0.25) is 0 Å². The Labute approximate surface area is 105 Å². The van der Waals surface area contributed by atoms with Crippen molar-refractivity contribution in [1.82, 2.24) is 0 Å². The number of nitrogen functional groups attached to an aromatic ring is 1. The molecular formula is C13H17F3N2. The van der Waals surface area contributed by atoms with Gasteiger partial charge in [0.1, 0.15) is 0 Å². The van der Waals surface area contributed by atoms with E-state index in [1.165, 1.54) is 6.07 Å². The predicted molar refractivity (Wildman–Crippen MR) is 66.5 cm³/mol. The second kappa shape index (κ2) is 4.37. The van der Waals surface area contributed by atoms with E-state index in [9.17, 15) is 13.2 Å². The summed E-state index contributed by atoms with van der Waals surface area (Å²) in [5, 5.41) is 0. The lowest BCUT2D eigenvalue weighted by Crippen LogP contribution is -2.32. The summed E-state index contributed by atoms with van der Waals surface area (Å²) in [6.45, 7) is 4.07. The van der Waals surface area contributed by atoms with Crippen molar-refractivity contribution in [2.45, 2.75) is 44.9 Å². The third-order valence-electron chi connectivity index (χ3n) is 3.59. The number of halogens is 3. The van der Waals surface area contributed by atoms with Crippen LogP contribution in [0, 0.1) is 0 Å². The van der Waals surface area contributed by atoms with Crippen molar-refractivity contribution in [3.8, 4) is 0 Å². The summed E-state index contributed by atoms with van der Waals surface area (Å²) < 4.78 is 38.4. The van der Waals surface area contributed by atoms with Crippen molar-refractivity contribution in [1.29, 1.82) is 0 Å². The molecule has 1 heterocycles. The van der Waals surface area contributed by atoms with Crippen LogP contribution in [0.4, 0.5) is 24.5 Å². The highest BCUT2D eigenvalue weighted by Gasteiger charge is 2.35. The first-order chi connectivity index (χ1) is 8.30. The first kappa shape index (κ1) is 13.1. The van der Waals surface area contributed by atoms with Crippen LogP contribution >= 0.6 is 0 Å². The molecule has 2 N–H and O–H groups in total. The van der Waals surface area contributed by atoms with E-state index in [0.29, 0.717) is 5.69 Å². The van der Waals surface area contributed by atoms with E-state index in [2.05, 4.69) is 0 Å². The standard InChI is InChI=1S/C13H17F3N2/c1-8-3-4-9(2)18(8)10-5-6-12(17)11(7-10)13(14,15)16/h5-9H,3-4,17H2,1-2H3/t8-,9+. The third kappa shape index (κ3) is 2.26. The van der Waals surface area contributed by atoms with E-state index in [1.807, 2.05) is 18.7 Å². The Balaban J connectivity index is 2.41. The van der Waals surface area contributed by atoms with Gasteiger partial charge in [0.05, 0.1) is 5.56 Å². The lowest BCUT2D eigenvalue weighted by atomic mass is 10.1. The van der Waals surface area contributed by atoms with E-state index < -0.39 is 11.7 Å². The van der Waals surface area contributed by atoms with Crippen LogP contribution in [0.2, 0.25) is 0 Å². The number of hydrogen-bond acceptors (Lipinski definition) is 2. The fourth-order valence-electron chi connectivity index (χ4n) is 2.65. The molecule has 5 heteroatoms. The molecule has 0 aliphatic carbocycles. The minimum atomic E-state index is -4.40. The van der Waals surface area contributed by atoms with Crippen LogP contribution in [0.3, 0.4) is 0 Å². The van der Waals surface area contributed by atoms with E-state index in [1.54, 1.807) is 6.07 Å². The maximum absolute atomic E-state index is 12.8. The Kier molecular flexibility index (Phi) is 3.17. The maximum atomic E-state index is 12.8. The van der Waals surface area contributed by atoms with Crippen LogP contribution in [0.15, 0.2) is 18.2 Å². The number of nitrogens with zero attached hydrogens (tertiary/aromatic N) is 1. The molecule has 0 amide bonds. The molecule has 2 rings (SSSR count). The molecule has 1 fully saturated rings. The van der Waals surface area contributed by atoms with E-state index >= 15 is 0 Å². The monoisotopic (exact) mass is 258 g/mol. The Bertz CT molecular complexity index is 432. The highest BCUT2D eigenvalue weighted by Crippen LogP contribution is 2.38. The molecule has 1 aromatic rings. The zero-order valence-electron chi connectivity index (χ0n) is 10.5. The molecule has 18 heavy (non-hydrogen) atoms. The molecule has 0 saturated carbocycles. The molecule has 100 valence electrons. The number of alkyl halides is 3. The predicted octanol–water partition coefficient (Wildman–Crippen LogP) is 3.66. The number of nitrogens with two attached hydrogens (primary N) is 1. The van der Waals surface area contributed by atoms with Crippen LogP contribution in [0.25, 0.3) is 0 Å². The van der Waals surface area contributed by atoms with Crippen molar-refractivity contribution in [3.05, 3.63) is 23.8 Å². The fourth-order valence-corrected chi connectivity index (χ4v) is 2.65. The molecule has 0 spiro atoms. The van der Waals surface area contributed by atoms with E-state index in [4.69, 9.17) is 5.73 Å². The molecule has 2 atom stereocenters. The van der Waals surface area contributed by atoms with Crippen LogP contribution in [0.5, 0.6) is 0 Å². The number of anilines is 2. The number of hydrogen-bond donors (Lipinski definition) is 1. The maximum Gasteiger partial charge on any atom is 0.418 e. The minimum absolute atomic E-state index is 0.217. The molecule has 0 radical (unpaired) electrons. The first-order valence-electron chi connectivity index (χ1n) is 6.05. The van der Waals surface area contributed by atoms with Crippen molar-refractivity contribution in [2.24, 2.45) is 0 Å². The van der Waals surface area contributed by atoms with Gasteiger partial charge in [-0.25, -0.2) is 0 Å². The summed E-state index contributed by atoms with van der Waals surface area (Å²) in [7, 11) is 0. The smallest absolute Gasteiger partial charge is 0.398 e. The van der Waals surface area contributed by atoms with Crippen molar-refractivity contribution >= 4 is 11.4 Å². The van der Waals surface area contributed by atoms with Crippen molar-refractivity contribution in [2.75, 3.05) is 10.6 Å². The van der Waals surface area contributed by atoms with Gasteiger partial charge in [-0.15, -0.1) is 0 Å². The van der Waals surface area contributed by atoms with Gasteiger partial charge in [-0.3, -0.25) is 0 Å². The quantitative estimate of drug-likeness (QED) is 0.779. The Morgan fingerprint density at radius 1 is 1.17 bits per heavy atom. The van der Waals surface area contributed by atoms with Crippen LogP contribution in [-0.4, -0.2) is 12.1 Å². The van der Waals surface area contributed by atoms with Crippen molar-refractivity contribution < 1.29 is 13.2 Å². The molecule has 1 aliphatic rings. The van der Waals surface area contributed by atoms with Gasteiger partial charge in [0, 0.05) is 23.5 Å². The minimum Gasteiger partial charge on any atom is -0.398 e. The highest BCUT2D eigenvalue weighted by molar-refractivity contribution is 5.60. The fraction of sp³-hybridized carbons (Fsp3) is 0.538. The normalized spacial score (nSPS) is 24.6. The molecular weight excluding hydrogens is 241 g/mol. The number of rotatable bonds is 1. The first-order valence-corrected chi connectivity index (χ1v) is 6.05. The van der Waals surface area contributed by atoms with Gasteiger partial charge < -0.3 is 10.6 Å². The molecule has 0 unspecified atom stereocenters. The number of benzene rings is 1. The average molecular weight is 258 g/mol. The second-order valence-electron chi connectivity index (χ2n) is 4.95. The van der Waals surface area contributed by atoms with Gasteiger partial charge in [0.25, 0.3) is 0 Å². The lowest BCUT2D eigenvalue weighted by molar-refractivity contribution is -0.136. The van der Waals surface area contributed by atoms with E-state index in [0.717, 1.165) is 18.9 Å². The Morgan fingerprint density at radius 3 is 2.22 bits per heavy atom. The Morgan fingerprint density at radius 2 is 1.72 bits per heavy atom. The molecule has 1 aliphatic heterocycles. The molecule has 0 aromatic heterocycles. The molecule has 0 bridgehead atoms. The van der Waals surface area contributed by atoms with Crippen LogP contribution < -0.4 is 10.6 Å². The molecule has 1 saturated heterocycles. The zero-order valence-corrected chi connectivity index (χ0v) is 10.5. The zero-order chi connectivity index (χ0) is 13.5. The Hall–Kier alpha value is -1.39. The average Bonchev–Trinajstić information content (AvgIpc) is 2.58. The van der Waals surface area contributed by atoms with Crippen molar-refractivity contribution in [3.63, 3.8) is 0 Å². The highest BCUT2D eigenvalue weighted by atomic mass is 19.4. The summed E-state index contributed by atoms with van der Waals surface area (Å²) in [4.78, 5) is 2.04. The second-order valence-corrected chi connectivity index (χ2v) is 4.95. The topological polar surface area (TPSA) is 29.3 Å². The van der Waals surface area contributed by atoms with Gasteiger partial charge in [0.15, 0.2) is 0 Å². The van der Waals surface area contributed by atoms with E-state index in [-0.39, 0.29) is 17.8 Å². The third-order valence-corrected chi connectivity index (χ3v) is 3.59. The molecule has 2 nitrogen and oxygen atoms in total. The molecule has 1 aromatic carbocycles. The largest absolute Gasteiger partial charge is 0.418 e.